The van der Waals surface area contributed by atoms with Crippen LogP contribution >= 0.6 is 0 Å². The molecule has 22 heavy (non-hydrogen) atoms. The van der Waals surface area contributed by atoms with Gasteiger partial charge in [0.2, 0.25) is 0 Å². The van der Waals surface area contributed by atoms with Crippen molar-refractivity contribution >= 4 is 11.9 Å². The van der Waals surface area contributed by atoms with E-state index in [4.69, 9.17) is 10.4 Å². The zero-order valence-corrected chi connectivity index (χ0v) is 13.5. The van der Waals surface area contributed by atoms with E-state index in [1.807, 2.05) is 24.3 Å². The zero-order chi connectivity index (χ0) is 16.0. The lowest BCUT2D eigenvalue weighted by Gasteiger charge is -2.04. The third-order valence-electron chi connectivity index (χ3n) is 3.86. The first-order valence-corrected chi connectivity index (χ1v) is 8.30. The van der Waals surface area contributed by atoms with Crippen LogP contribution in [-0.4, -0.2) is 22.3 Å². The Kier molecular flexibility index (Phi) is 9.75. The first-order valence-electron chi connectivity index (χ1n) is 8.30. The van der Waals surface area contributed by atoms with Gasteiger partial charge in [0.05, 0.1) is 6.21 Å². The maximum Gasteiger partial charge on any atom is 0.131 e. The summed E-state index contributed by atoms with van der Waals surface area (Å²) in [6, 6.07) is 7.84. The maximum atomic E-state index is 8.84. The predicted octanol–water partition coefficient (Wildman–Crippen LogP) is 5.01. The fraction of sp³-hybridized carbons (Fsp3) is 0.556. The van der Waals surface area contributed by atoms with Gasteiger partial charge in [-0.25, -0.2) is 0 Å². The van der Waals surface area contributed by atoms with Gasteiger partial charge in [0.15, 0.2) is 0 Å². The molecule has 0 aromatic heterocycles. The monoisotopic (exact) mass is 304 g/mol. The van der Waals surface area contributed by atoms with Gasteiger partial charge >= 0.3 is 0 Å². The minimum absolute atomic E-state index is 0.251. The van der Waals surface area contributed by atoms with Crippen LogP contribution in [0.4, 0.5) is 0 Å². The number of nitrogens with zero attached hydrogens (tertiary/aromatic N) is 2. The average molecular weight is 304 g/mol. The number of hydrogen-bond donors (Lipinski definition) is 2. The Morgan fingerprint density at radius 3 is 2.05 bits per heavy atom. The molecule has 0 saturated carbocycles. The second kappa shape index (κ2) is 11.8. The molecule has 0 aliphatic heterocycles. The molecule has 1 rings (SSSR count). The van der Waals surface area contributed by atoms with Crippen molar-refractivity contribution in [2.24, 2.45) is 10.3 Å². The first-order chi connectivity index (χ1) is 10.8. The summed E-state index contributed by atoms with van der Waals surface area (Å²) in [5.74, 6) is 0. The fourth-order valence-corrected chi connectivity index (χ4v) is 2.52. The van der Waals surface area contributed by atoms with E-state index in [9.17, 15) is 0 Å². The van der Waals surface area contributed by atoms with E-state index in [0.29, 0.717) is 0 Å². The molecule has 4 heteroatoms. The largest absolute Gasteiger partial charge is 0.411 e. The topological polar surface area (TPSA) is 65.2 Å². The van der Waals surface area contributed by atoms with Gasteiger partial charge < -0.3 is 10.4 Å². The molecule has 0 bridgehead atoms. The van der Waals surface area contributed by atoms with Gasteiger partial charge in [0.1, 0.15) is 5.71 Å². The van der Waals surface area contributed by atoms with Crippen LogP contribution in [0.15, 0.2) is 34.6 Å². The van der Waals surface area contributed by atoms with Crippen molar-refractivity contribution in [3.8, 4) is 0 Å². The van der Waals surface area contributed by atoms with Crippen molar-refractivity contribution in [2.75, 3.05) is 0 Å². The van der Waals surface area contributed by atoms with Crippen LogP contribution in [0.3, 0.4) is 0 Å². The molecule has 0 amide bonds. The Bertz CT molecular complexity index is 453. The van der Waals surface area contributed by atoms with Gasteiger partial charge in [-0.05, 0) is 18.4 Å². The summed E-state index contributed by atoms with van der Waals surface area (Å²) in [6.45, 7) is 2.25. The van der Waals surface area contributed by atoms with Gasteiger partial charge in [-0.2, -0.15) is 0 Å². The summed E-state index contributed by atoms with van der Waals surface area (Å²) in [7, 11) is 0. The molecule has 1 aromatic rings. The van der Waals surface area contributed by atoms with E-state index in [-0.39, 0.29) is 5.71 Å². The Hall–Kier alpha value is -1.84. The van der Waals surface area contributed by atoms with Gasteiger partial charge in [-0.1, -0.05) is 86.4 Å². The second-order valence-electron chi connectivity index (χ2n) is 5.65. The highest BCUT2D eigenvalue weighted by Crippen LogP contribution is 2.12. The zero-order valence-electron chi connectivity index (χ0n) is 13.5. The highest BCUT2D eigenvalue weighted by molar-refractivity contribution is 6.37. The molecule has 4 nitrogen and oxygen atoms in total. The van der Waals surface area contributed by atoms with E-state index in [2.05, 4.69) is 17.2 Å². The van der Waals surface area contributed by atoms with Crippen LogP contribution in [0.25, 0.3) is 0 Å². The molecule has 0 heterocycles. The number of oxime groups is 2. The molecular formula is C18H28N2O2. The molecule has 0 radical (unpaired) electrons. The number of rotatable bonds is 11. The smallest absolute Gasteiger partial charge is 0.131 e. The lowest BCUT2D eigenvalue weighted by Crippen LogP contribution is -2.02. The quantitative estimate of drug-likeness (QED) is 0.261. The Balaban J connectivity index is 2.24. The van der Waals surface area contributed by atoms with Crippen LogP contribution in [0.2, 0.25) is 0 Å². The minimum Gasteiger partial charge on any atom is -0.411 e. The van der Waals surface area contributed by atoms with Crippen LogP contribution in [0.5, 0.6) is 0 Å². The van der Waals surface area contributed by atoms with Crippen molar-refractivity contribution in [2.45, 2.75) is 64.7 Å². The highest BCUT2D eigenvalue weighted by Gasteiger charge is 2.02. The number of unbranched alkanes of at least 4 members (excludes halogenated alkanes) is 7. The second-order valence-corrected chi connectivity index (χ2v) is 5.65. The lowest BCUT2D eigenvalue weighted by atomic mass is 10.0. The molecule has 0 saturated heterocycles. The van der Waals surface area contributed by atoms with Crippen LogP contribution < -0.4 is 0 Å². The first kappa shape index (κ1) is 18.2. The molecule has 0 unspecified atom stereocenters. The maximum absolute atomic E-state index is 8.84. The van der Waals surface area contributed by atoms with Crippen LogP contribution in [0, 0.1) is 0 Å². The van der Waals surface area contributed by atoms with E-state index < -0.39 is 0 Å². The molecule has 0 atom stereocenters. The molecule has 122 valence electrons. The predicted molar refractivity (Wildman–Crippen MR) is 91.4 cm³/mol. The summed E-state index contributed by atoms with van der Waals surface area (Å²) in [4.78, 5) is 0. The highest BCUT2D eigenvalue weighted by atomic mass is 16.4. The minimum atomic E-state index is 0.251. The van der Waals surface area contributed by atoms with E-state index >= 15 is 0 Å². The molecular weight excluding hydrogens is 276 g/mol. The number of benzene rings is 1. The summed E-state index contributed by atoms with van der Waals surface area (Å²) < 4.78 is 0. The molecule has 0 spiro atoms. The molecule has 2 N–H and O–H groups in total. The Morgan fingerprint density at radius 2 is 1.50 bits per heavy atom. The van der Waals surface area contributed by atoms with Crippen molar-refractivity contribution in [3.05, 3.63) is 35.4 Å². The SMILES string of the molecule is CCCCCCCCCCc1ccc(C(/C=N\O)=N/O)cc1. The lowest BCUT2D eigenvalue weighted by molar-refractivity contribution is 0.316. The summed E-state index contributed by atoms with van der Waals surface area (Å²) in [5.41, 5.74) is 2.27. The van der Waals surface area contributed by atoms with E-state index in [0.717, 1.165) is 18.2 Å². The third kappa shape index (κ3) is 7.25. The van der Waals surface area contributed by atoms with Crippen molar-refractivity contribution in [1.29, 1.82) is 0 Å². The normalized spacial score (nSPS) is 12.1. The summed E-state index contributed by atoms with van der Waals surface area (Å²) >= 11 is 0. The third-order valence-corrected chi connectivity index (χ3v) is 3.86. The van der Waals surface area contributed by atoms with Crippen LogP contribution in [0.1, 0.15) is 69.4 Å². The van der Waals surface area contributed by atoms with Gasteiger partial charge in [0.25, 0.3) is 0 Å². The Labute approximate surface area is 133 Å². The molecule has 0 aliphatic carbocycles. The standard InChI is InChI=1S/C18H28N2O2/c1-2-3-4-5-6-7-8-9-10-16-11-13-17(14-12-16)18(20-22)15-19-21/h11-15,21-22H,2-10H2,1H3/b19-15-,20-18+. The van der Waals surface area contributed by atoms with Gasteiger partial charge in [0, 0.05) is 5.56 Å². The van der Waals surface area contributed by atoms with Gasteiger partial charge in [-0.15, -0.1) is 0 Å². The molecule has 0 aliphatic rings. The summed E-state index contributed by atoms with van der Waals surface area (Å²) in [5, 5.41) is 23.3. The van der Waals surface area contributed by atoms with Crippen molar-refractivity contribution < 1.29 is 10.4 Å². The fourth-order valence-electron chi connectivity index (χ4n) is 2.52. The van der Waals surface area contributed by atoms with Crippen LogP contribution in [-0.2, 0) is 6.42 Å². The molecule has 1 aromatic carbocycles. The van der Waals surface area contributed by atoms with Crippen molar-refractivity contribution in [3.63, 3.8) is 0 Å². The average Bonchev–Trinajstić information content (AvgIpc) is 2.56. The number of aryl methyl sites for hydroxylation is 1. The Morgan fingerprint density at radius 1 is 0.909 bits per heavy atom. The summed E-state index contributed by atoms with van der Waals surface area (Å²) in [6.07, 6.45) is 12.8. The van der Waals surface area contributed by atoms with E-state index in [1.165, 1.54) is 56.9 Å². The van der Waals surface area contributed by atoms with E-state index in [1.54, 1.807) is 0 Å². The number of hydrogen-bond acceptors (Lipinski definition) is 4. The molecule has 0 fully saturated rings. The van der Waals surface area contributed by atoms with Crippen molar-refractivity contribution in [1.82, 2.24) is 0 Å². The van der Waals surface area contributed by atoms with Gasteiger partial charge in [-0.3, -0.25) is 0 Å².